The zero-order chi connectivity index (χ0) is 10.8. The fourth-order valence-corrected chi connectivity index (χ4v) is 2.23. The maximum atomic E-state index is 11.4. The number of benzene rings is 1. The van der Waals surface area contributed by atoms with Crippen LogP contribution >= 0.6 is 0 Å². The molecule has 3 nitrogen and oxygen atoms in total. The molecule has 15 heavy (non-hydrogen) atoms. The molecular formula is C12H15NO2. The summed E-state index contributed by atoms with van der Waals surface area (Å²) in [6, 6.07) is 7.84. The predicted molar refractivity (Wildman–Crippen MR) is 57.4 cm³/mol. The standard InChI is InChI=1S/C12H15NO2/c1-9(15)13-7-6-10-4-2-3-5-11(10)12(13)8-14/h2-5,12,14H,6-8H2,1H3. The minimum atomic E-state index is -0.160. The van der Waals surface area contributed by atoms with Crippen LogP contribution < -0.4 is 0 Å². The molecule has 1 heterocycles. The van der Waals surface area contributed by atoms with Gasteiger partial charge in [-0.15, -0.1) is 0 Å². The summed E-state index contributed by atoms with van der Waals surface area (Å²) in [5, 5.41) is 9.36. The van der Waals surface area contributed by atoms with Gasteiger partial charge in [-0.05, 0) is 17.5 Å². The molecule has 3 heteroatoms. The Bertz CT molecular complexity index is 376. The third kappa shape index (κ3) is 1.75. The largest absolute Gasteiger partial charge is 0.394 e. The molecule has 1 aliphatic heterocycles. The monoisotopic (exact) mass is 205 g/mol. The lowest BCUT2D eigenvalue weighted by Gasteiger charge is -2.35. The normalized spacial score (nSPS) is 19.9. The van der Waals surface area contributed by atoms with Crippen molar-refractivity contribution in [2.24, 2.45) is 0 Å². The second-order valence-corrected chi connectivity index (χ2v) is 3.86. The van der Waals surface area contributed by atoms with Crippen molar-refractivity contribution >= 4 is 5.91 Å². The van der Waals surface area contributed by atoms with Gasteiger partial charge in [0.05, 0.1) is 12.6 Å². The van der Waals surface area contributed by atoms with Gasteiger partial charge in [-0.3, -0.25) is 4.79 Å². The highest BCUT2D eigenvalue weighted by atomic mass is 16.3. The fraction of sp³-hybridized carbons (Fsp3) is 0.417. The molecule has 0 aromatic heterocycles. The zero-order valence-corrected chi connectivity index (χ0v) is 8.81. The Labute approximate surface area is 89.3 Å². The number of aliphatic hydroxyl groups is 1. The Morgan fingerprint density at radius 2 is 2.27 bits per heavy atom. The lowest BCUT2D eigenvalue weighted by Crippen LogP contribution is -2.40. The van der Waals surface area contributed by atoms with Crippen LogP contribution in [-0.4, -0.2) is 29.1 Å². The molecule has 0 radical (unpaired) electrons. The van der Waals surface area contributed by atoms with E-state index in [9.17, 15) is 9.90 Å². The van der Waals surface area contributed by atoms with E-state index in [1.807, 2.05) is 18.2 Å². The second-order valence-electron chi connectivity index (χ2n) is 3.86. The minimum Gasteiger partial charge on any atom is -0.394 e. The molecule has 0 fully saturated rings. The van der Waals surface area contributed by atoms with E-state index in [0.29, 0.717) is 6.54 Å². The van der Waals surface area contributed by atoms with Crippen molar-refractivity contribution in [1.82, 2.24) is 4.90 Å². The highest BCUT2D eigenvalue weighted by Gasteiger charge is 2.27. The molecule has 1 aliphatic rings. The quantitative estimate of drug-likeness (QED) is 0.746. The van der Waals surface area contributed by atoms with Gasteiger partial charge in [0.15, 0.2) is 0 Å². The summed E-state index contributed by atoms with van der Waals surface area (Å²) in [5.41, 5.74) is 2.33. The number of fused-ring (bicyclic) bond motifs is 1. The summed E-state index contributed by atoms with van der Waals surface area (Å²) in [6.07, 6.45) is 0.881. The van der Waals surface area contributed by atoms with Gasteiger partial charge in [0.1, 0.15) is 0 Å². The Morgan fingerprint density at radius 1 is 1.53 bits per heavy atom. The molecule has 0 saturated carbocycles. The van der Waals surface area contributed by atoms with Crippen molar-refractivity contribution in [3.63, 3.8) is 0 Å². The van der Waals surface area contributed by atoms with Crippen molar-refractivity contribution in [2.75, 3.05) is 13.2 Å². The van der Waals surface area contributed by atoms with Crippen LogP contribution in [0.5, 0.6) is 0 Å². The summed E-state index contributed by atoms with van der Waals surface area (Å²) in [5.74, 6) is 0.0311. The van der Waals surface area contributed by atoms with Crippen LogP contribution in [0.25, 0.3) is 0 Å². The Morgan fingerprint density at radius 3 is 2.93 bits per heavy atom. The van der Waals surface area contributed by atoms with E-state index in [1.54, 1.807) is 11.8 Å². The highest BCUT2D eigenvalue weighted by molar-refractivity contribution is 5.74. The third-order valence-corrected chi connectivity index (χ3v) is 2.99. The first-order valence-corrected chi connectivity index (χ1v) is 5.20. The topological polar surface area (TPSA) is 40.5 Å². The third-order valence-electron chi connectivity index (χ3n) is 2.99. The number of carbonyl (C=O) groups is 1. The van der Waals surface area contributed by atoms with Crippen LogP contribution in [0.1, 0.15) is 24.1 Å². The van der Waals surface area contributed by atoms with Gasteiger partial charge in [-0.25, -0.2) is 0 Å². The van der Waals surface area contributed by atoms with E-state index >= 15 is 0 Å². The molecule has 0 spiro atoms. The van der Waals surface area contributed by atoms with E-state index in [-0.39, 0.29) is 18.6 Å². The fourth-order valence-electron chi connectivity index (χ4n) is 2.23. The summed E-state index contributed by atoms with van der Waals surface area (Å²) in [4.78, 5) is 13.1. The van der Waals surface area contributed by atoms with Crippen molar-refractivity contribution in [3.8, 4) is 0 Å². The van der Waals surface area contributed by atoms with Gasteiger partial charge in [-0.2, -0.15) is 0 Å². The van der Waals surface area contributed by atoms with Crippen LogP contribution in [0.15, 0.2) is 24.3 Å². The summed E-state index contributed by atoms with van der Waals surface area (Å²) in [6.45, 7) is 2.25. The molecule has 80 valence electrons. The summed E-state index contributed by atoms with van der Waals surface area (Å²) < 4.78 is 0. The maximum absolute atomic E-state index is 11.4. The Hall–Kier alpha value is -1.35. The van der Waals surface area contributed by atoms with E-state index in [2.05, 4.69) is 6.07 Å². The molecule has 2 rings (SSSR count). The maximum Gasteiger partial charge on any atom is 0.220 e. The lowest BCUT2D eigenvalue weighted by atomic mass is 9.93. The molecule has 0 bridgehead atoms. The van der Waals surface area contributed by atoms with Crippen LogP contribution in [-0.2, 0) is 11.2 Å². The first-order valence-electron chi connectivity index (χ1n) is 5.20. The van der Waals surface area contributed by atoms with E-state index in [4.69, 9.17) is 0 Å². The number of nitrogens with zero attached hydrogens (tertiary/aromatic N) is 1. The highest BCUT2D eigenvalue weighted by Crippen LogP contribution is 2.28. The van der Waals surface area contributed by atoms with Crippen LogP contribution in [0.2, 0.25) is 0 Å². The average molecular weight is 205 g/mol. The molecule has 1 aromatic rings. The lowest BCUT2D eigenvalue weighted by molar-refractivity contribution is -0.132. The number of aliphatic hydroxyl groups excluding tert-OH is 1. The summed E-state index contributed by atoms with van der Waals surface area (Å²) in [7, 11) is 0. The molecule has 1 atom stereocenters. The number of hydrogen-bond donors (Lipinski definition) is 1. The number of carbonyl (C=O) groups excluding carboxylic acids is 1. The van der Waals surface area contributed by atoms with Gasteiger partial charge < -0.3 is 10.0 Å². The molecule has 1 amide bonds. The molecule has 0 aliphatic carbocycles. The van der Waals surface area contributed by atoms with Crippen LogP contribution in [0.4, 0.5) is 0 Å². The predicted octanol–water partition coefficient (Wildman–Crippen LogP) is 1.12. The Kier molecular flexibility index (Phi) is 2.73. The first-order chi connectivity index (χ1) is 7.24. The van der Waals surface area contributed by atoms with E-state index in [1.165, 1.54) is 5.56 Å². The van der Waals surface area contributed by atoms with E-state index in [0.717, 1.165) is 12.0 Å². The van der Waals surface area contributed by atoms with Crippen molar-refractivity contribution < 1.29 is 9.90 Å². The average Bonchev–Trinajstić information content (AvgIpc) is 2.27. The molecule has 0 saturated heterocycles. The van der Waals surface area contributed by atoms with Crippen molar-refractivity contribution in [3.05, 3.63) is 35.4 Å². The first kappa shape index (κ1) is 10.2. The zero-order valence-electron chi connectivity index (χ0n) is 8.81. The smallest absolute Gasteiger partial charge is 0.220 e. The van der Waals surface area contributed by atoms with Gasteiger partial charge >= 0.3 is 0 Å². The van der Waals surface area contributed by atoms with Gasteiger partial charge in [0.2, 0.25) is 5.91 Å². The Balaban J connectivity index is 2.38. The van der Waals surface area contributed by atoms with Crippen LogP contribution in [0, 0.1) is 0 Å². The van der Waals surface area contributed by atoms with Gasteiger partial charge in [0.25, 0.3) is 0 Å². The molecule has 1 unspecified atom stereocenters. The van der Waals surface area contributed by atoms with Crippen molar-refractivity contribution in [2.45, 2.75) is 19.4 Å². The molecular weight excluding hydrogens is 190 g/mol. The number of rotatable bonds is 1. The number of hydrogen-bond acceptors (Lipinski definition) is 2. The van der Waals surface area contributed by atoms with Crippen molar-refractivity contribution in [1.29, 1.82) is 0 Å². The molecule has 1 N–H and O–H groups in total. The second kappa shape index (κ2) is 4.03. The number of amides is 1. The SMILES string of the molecule is CC(=O)N1CCc2ccccc2C1CO. The van der Waals surface area contributed by atoms with Gasteiger partial charge in [0, 0.05) is 13.5 Å². The van der Waals surface area contributed by atoms with Gasteiger partial charge in [-0.1, -0.05) is 24.3 Å². The minimum absolute atomic E-state index is 0.00338. The summed E-state index contributed by atoms with van der Waals surface area (Å²) >= 11 is 0. The van der Waals surface area contributed by atoms with Crippen LogP contribution in [0.3, 0.4) is 0 Å². The van der Waals surface area contributed by atoms with E-state index < -0.39 is 0 Å². The molecule has 1 aromatic carbocycles.